The molecule has 3 N–H and O–H groups in total. The summed E-state index contributed by atoms with van der Waals surface area (Å²) in [7, 11) is 0. The summed E-state index contributed by atoms with van der Waals surface area (Å²) in [5.41, 5.74) is 8.23. The van der Waals surface area contributed by atoms with Crippen LogP contribution >= 0.6 is 0 Å². The fourth-order valence-electron chi connectivity index (χ4n) is 2.57. The van der Waals surface area contributed by atoms with E-state index in [0.29, 0.717) is 6.42 Å². The van der Waals surface area contributed by atoms with Crippen LogP contribution in [0.4, 0.5) is 10.1 Å². The Hall–Kier alpha value is -2.24. The maximum Gasteiger partial charge on any atom is 0.243 e. The molecule has 114 valence electrons. The third-order valence-electron chi connectivity index (χ3n) is 3.80. The summed E-state index contributed by atoms with van der Waals surface area (Å²) < 4.78 is 13.8. The van der Waals surface area contributed by atoms with Crippen molar-refractivity contribution in [1.82, 2.24) is 10.9 Å². The molecule has 1 aliphatic heterocycles. The second-order valence-corrected chi connectivity index (χ2v) is 5.51. The molecule has 0 bridgehead atoms. The average molecular weight is 299 g/mol. The van der Waals surface area contributed by atoms with Crippen LogP contribution in [0.3, 0.4) is 0 Å². The van der Waals surface area contributed by atoms with Crippen LogP contribution in [-0.2, 0) is 4.79 Å². The standard InChI is InChI=1S/C17H18FN3O/c1-11-7-8-14(13(18)9-11)19-17(22)16-10-15(20-21-16)12-5-3-2-4-6-12/h2-9,15-16,20-21H,10H2,1H3,(H,19,22). The Morgan fingerprint density at radius 3 is 2.68 bits per heavy atom. The molecule has 1 heterocycles. The Bertz CT molecular complexity index is 675. The molecule has 2 unspecified atom stereocenters. The number of nitrogens with one attached hydrogen (secondary N) is 3. The van der Waals surface area contributed by atoms with Gasteiger partial charge in [-0.2, -0.15) is 0 Å². The van der Waals surface area contributed by atoms with Gasteiger partial charge < -0.3 is 5.32 Å². The Morgan fingerprint density at radius 2 is 1.95 bits per heavy atom. The molecular formula is C17H18FN3O. The molecule has 3 rings (SSSR count). The molecule has 1 saturated heterocycles. The van der Waals surface area contributed by atoms with Crippen LogP contribution in [0.15, 0.2) is 48.5 Å². The number of hydrogen-bond donors (Lipinski definition) is 3. The van der Waals surface area contributed by atoms with E-state index in [1.807, 2.05) is 37.3 Å². The highest BCUT2D eigenvalue weighted by Gasteiger charge is 2.30. The zero-order valence-corrected chi connectivity index (χ0v) is 12.3. The van der Waals surface area contributed by atoms with E-state index in [9.17, 15) is 9.18 Å². The lowest BCUT2D eigenvalue weighted by atomic mass is 10.0. The maximum absolute atomic E-state index is 13.8. The molecule has 0 aliphatic carbocycles. The number of benzene rings is 2. The Morgan fingerprint density at radius 1 is 1.18 bits per heavy atom. The van der Waals surface area contributed by atoms with Crippen LogP contribution in [0, 0.1) is 12.7 Å². The van der Waals surface area contributed by atoms with Crippen LogP contribution in [-0.4, -0.2) is 11.9 Å². The number of halogens is 1. The highest BCUT2D eigenvalue weighted by Crippen LogP contribution is 2.23. The second-order valence-electron chi connectivity index (χ2n) is 5.51. The number of hydrazine groups is 1. The summed E-state index contributed by atoms with van der Waals surface area (Å²) in [6, 6.07) is 14.3. The first kappa shape index (κ1) is 14.7. The van der Waals surface area contributed by atoms with Gasteiger partial charge in [0.05, 0.1) is 5.69 Å². The SMILES string of the molecule is Cc1ccc(NC(=O)C2CC(c3ccccc3)NN2)c(F)c1. The maximum atomic E-state index is 13.8. The van der Waals surface area contributed by atoms with Crippen molar-refractivity contribution in [3.05, 3.63) is 65.5 Å². The number of amides is 1. The predicted molar refractivity (Wildman–Crippen MR) is 83.6 cm³/mol. The minimum atomic E-state index is -0.418. The number of anilines is 1. The van der Waals surface area contributed by atoms with E-state index in [1.165, 1.54) is 6.07 Å². The summed E-state index contributed by atoms with van der Waals surface area (Å²) in [5.74, 6) is -0.660. The molecule has 0 spiro atoms. The van der Waals surface area contributed by atoms with E-state index in [1.54, 1.807) is 12.1 Å². The van der Waals surface area contributed by atoms with E-state index in [2.05, 4.69) is 16.2 Å². The zero-order chi connectivity index (χ0) is 15.5. The van der Waals surface area contributed by atoms with Crippen LogP contribution in [0.2, 0.25) is 0 Å². The first-order chi connectivity index (χ1) is 10.6. The molecule has 5 heteroatoms. The summed E-state index contributed by atoms with van der Waals surface area (Å²) in [4.78, 5) is 12.2. The fraction of sp³-hybridized carbons (Fsp3) is 0.235. The van der Waals surface area contributed by atoms with Crippen molar-refractivity contribution in [2.24, 2.45) is 0 Å². The highest BCUT2D eigenvalue weighted by atomic mass is 19.1. The van der Waals surface area contributed by atoms with E-state index < -0.39 is 11.9 Å². The van der Waals surface area contributed by atoms with Gasteiger partial charge in [-0.15, -0.1) is 0 Å². The normalized spacial score (nSPS) is 20.8. The van der Waals surface area contributed by atoms with Gasteiger partial charge in [0.25, 0.3) is 0 Å². The number of aryl methyl sites for hydroxylation is 1. The van der Waals surface area contributed by atoms with Gasteiger partial charge in [0.15, 0.2) is 0 Å². The molecule has 22 heavy (non-hydrogen) atoms. The highest BCUT2D eigenvalue weighted by molar-refractivity contribution is 5.95. The van der Waals surface area contributed by atoms with Crippen molar-refractivity contribution in [1.29, 1.82) is 0 Å². The average Bonchev–Trinajstić information content (AvgIpc) is 3.01. The van der Waals surface area contributed by atoms with Crippen molar-refractivity contribution in [3.8, 4) is 0 Å². The van der Waals surface area contributed by atoms with Gasteiger partial charge in [-0.05, 0) is 36.6 Å². The van der Waals surface area contributed by atoms with Crippen LogP contribution in [0.5, 0.6) is 0 Å². The summed E-state index contributed by atoms with van der Waals surface area (Å²) in [6.07, 6.45) is 0.614. The minimum absolute atomic E-state index is 0.0693. The topological polar surface area (TPSA) is 53.2 Å². The predicted octanol–water partition coefficient (Wildman–Crippen LogP) is 2.68. The van der Waals surface area contributed by atoms with Gasteiger partial charge >= 0.3 is 0 Å². The van der Waals surface area contributed by atoms with Crippen molar-refractivity contribution >= 4 is 11.6 Å². The first-order valence-electron chi connectivity index (χ1n) is 7.26. The number of hydrogen-bond acceptors (Lipinski definition) is 3. The molecule has 2 aromatic carbocycles. The Kier molecular flexibility index (Phi) is 4.18. The molecule has 4 nitrogen and oxygen atoms in total. The number of carbonyl (C=O) groups excluding carboxylic acids is 1. The number of carbonyl (C=O) groups is 1. The lowest BCUT2D eigenvalue weighted by molar-refractivity contribution is -0.117. The molecule has 2 aromatic rings. The van der Waals surface area contributed by atoms with E-state index in [-0.39, 0.29) is 17.6 Å². The third kappa shape index (κ3) is 3.16. The van der Waals surface area contributed by atoms with Crippen molar-refractivity contribution in [2.45, 2.75) is 25.4 Å². The van der Waals surface area contributed by atoms with E-state index in [0.717, 1.165) is 11.1 Å². The van der Waals surface area contributed by atoms with Gasteiger partial charge in [0, 0.05) is 6.04 Å². The van der Waals surface area contributed by atoms with Gasteiger partial charge in [-0.3, -0.25) is 4.79 Å². The monoisotopic (exact) mass is 299 g/mol. The molecular weight excluding hydrogens is 281 g/mol. The fourth-order valence-corrected chi connectivity index (χ4v) is 2.57. The second kappa shape index (κ2) is 6.25. The molecule has 2 atom stereocenters. The van der Waals surface area contributed by atoms with Crippen LogP contribution in [0.25, 0.3) is 0 Å². The van der Waals surface area contributed by atoms with Gasteiger partial charge in [0.1, 0.15) is 11.9 Å². The zero-order valence-electron chi connectivity index (χ0n) is 12.3. The molecule has 0 radical (unpaired) electrons. The van der Waals surface area contributed by atoms with Gasteiger partial charge in [0.2, 0.25) is 5.91 Å². The van der Waals surface area contributed by atoms with Crippen molar-refractivity contribution in [3.63, 3.8) is 0 Å². The summed E-state index contributed by atoms with van der Waals surface area (Å²) in [6.45, 7) is 1.81. The van der Waals surface area contributed by atoms with Crippen molar-refractivity contribution in [2.75, 3.05) is 5.32 Å². The largest absolute Gasteiger partial charge is 0.322 e. The van der Waals surface area contributed by atoms with Crippen LogP contribution < -0.4 is 16.2 Å². The number of rotatable bonds is 3. The third-order valence-corrected chi connectivity index (χ3v) is 3.80. The van der Waals surface area contributed by atoms with Crippen molar-refractivity contribution < 1.29 is 9.18 Å². The van der Waals surface area contributed by atoms with Gasteiger partial charge in [-0.1, -0.05) is 36.4 Å². The molecule has 0 saturated carbocycles. The molecule has 1 amide bonds. The lowest BCUT2D eigenvalue weighted by Gasteiger charge is -2.11. The lowest BCUT2D eigenvalue weighted by Crippen LogP contribution is -2.39. The Balaban J connectivity index is 1.64. The minimum Gasteiger partial charge on any atom is -0.322 e. The summed E-state index contributed by atoms with van der Waals surface area (Å²) in [5, 5.41) is 2.63. The smallest absolute Gasteiger partial charge is 0.243 e. The molecule has 1 aliphatic rings. The molecule has 1 fully saturated rings. The van der Waals surface area contributed by atoms with E-state index in [4.69, 9.17) is 0 Å². The summed E-state index contributed by atoms with van der Waals surface area (Å²) >= 11 is 0. The van der Waals surface area contributed by atoms with Crippen LogP contribution in [0.1, 0.15) is 23.6 Å². The first-order valence-corrected chi connectivity index (χ1v) is 7.26. The molecule has 0 aromatic heterocycles. The van der Waals surface area contributed by atoms with Gasteiger partial charge in [-0.25, -0.2) is 15.2 Å². The Labute approximate surface area is 128 Å². The van der Waals surface area contributed by atoms with E-state index >= 15 is 0 Å². The quantitative estimate of drug-likeness (QED) is 0.817.